The van der Waals surface area contributed by atoms with Crippen molar-refractivity contribution in [2.75, 3.05) is 31.0 Å². The number of methoxy groups -OCH3 is 2. The van der Waals surface area contributed by atoms with Gasteiger partial charge in [0.25, 0.3) is 0 Å². The molecule has 18 heavy (non-hydrogen) atoms. The van der Waals surface area contributed by atoms with Crippen LogP contribution in [-0.4, -0.2) is 37.6 Å². The molecule has 5 nitrogen and oxygen atoms in total. The molecule has 0 fully saturated rings. The normalized spacial score (nSPS) is 9.67. The fraction of sp³-hybridized carbons (Fsp3) is 0.333. The molecule has 0 unspecified atom stereocenters. The van der Waals surface area contributed by atoms with Gasteiger partial charge in [0.05, 0.1) is 25.7 Å². The minimum Gasteiger partial charge on any atom is -0.497 e. The minimum absolute atomic E-state index is 0.158. The van der Waals surface area contributed by atoms with Gasteiger partial charge >= 0.3 is 5.97 Å². The molecule has 1 aromatic carbocycles. The van der Waals surface area contributed by atoms with Crippen LogP contribution in [0.2, 0.25) is 0 Å². The number of nitrogens with one attached hydrogen (secondary N) is 1. The molecule has 0 aromatic heterocycles. The molecular weight excluding hydrogens is 254 g/mol. The fourth-order valence-electron chi connectivity index (χ4n) is 1.16. The summed E-state index contributed by atoms with van der Waals surface area (Å²) in [6.45, 7) is 0. The molecule has 0 spiro atoms. The standard InChI is InChI=1S/C12H15NO4S/c1-16-10-5-3-9(4-6-10)13-11(14)7-18-8-12(15)17-2/h3-6H,7-8H2,1-2H3,(H,13,14). The van der Waals surface area contributed by atoms with Crippen molar-refractivity contribution in [2.24, 2.45) is 0 Å². The highest BCUT2D eigenvalue weighted by Crippen LogP contribution is 2.15. The molecule has 98 valence electrons. The molecule has 0 radical (unpaired) electrons. The molecule has 0 aliphatic carbocycles. The van der Waals surface area contributed by atoms with Crippen LogP contribution in [0.5, 0.6) is 5.75 Å². The van der Waals surface area contributed by atoms with Crippen molar-refractivity contribution < 1.29 is 19.1 Å². The number of amides is 1. The van der Waals surface area contributed by atoms with Crippen LogP contribution in [-0.2, 0) is 14.3 Å². The van der Waals surface area contributed by atoms with Crippen LogP contribution in [0.1, 0.15) is 0 Å². The molecule has 1 aromatic rings. The van der Waals surface area contributed by atoms with Gasteiger partial charge in [-0.25, -0.2) is 0 Å². The molecule has 0 aliphatic rings. The van der Waals surface area contributed by atoms with E-state index in [2.05, 4.69) is 10.1 Å². The van der Waals surface area contributed by atoms with Gasteiger partial charge in [-0.05, 0) is 24.3 Å². The Morgan fingerprint density at radius 1 is 1.17 bits per heavy atom. The predicted octanol–water partition coefficient (Wildman–Crippen LogP) is 1.54. The van der Waals surface area contributed by atoms with Gasteiger partial charge in [-0.1, -0.05) is 0 Å². The van der Waals surface area contributed by atoms with Crippen molar-refractivity contribution in [1.82, 2.24) is 0 Å². The lowest BCUT2D eigenvalue weighted by Crippen LogP contribution is -2.15. The first kappa shape index (κ1) is 14.4. The summed E-state index contributed by atoms with van der Waals surface area (Å²) in [5.74, 6) is 0.618. The van der Waals surface area contributed by atoms with E-state index in [0.29, 0.717) is 5.69 Å². The Balaban J connectivity index is 2.32. The number of carbonyl (C=O) groups excluding carboxylic acids is 2. The fourth-order valence-corrected chi connectivity index (χ4v) is 1.80. The molecular formula is C12H15NO4S. The van der Waals surface area contributed by atoms with Crippen LogP contribution in [0.25, 0.3) is 0 Å². The second kappa shape index (κ2) is 7.60. The molecule has 6 heteroatoms. The Labute approximate surface area is 110 Å². The Morgan fingerprint density at radius 3 is 2.39 bits per heavy atom. The first-order chi connectivity index (χ1) is 8.65. The highest BCUT2D eigenvalue weighted by molar-refractivity contribution is 8.00. The van der Waals surface area contributed by atoms with Crippen molar-refractivity contribution >= 4 is 29.3 Å². The topological polar surface area (TPSA) is 64.6 Å². The monoisotopic (exact) mass is 269 g/mol. The molecule has 1 amide bonds. The minimum atomic E-state index is -0.336. The van der Waals surface area contributed by atoms with E-state index in [0.717, 1.165) is 5.75 Å². The van der Waals surface area contributed by atoms with Crippen LogP contribution >= 0.6 is 11.8 Å². The third-order valence-corrected chi connectivity index (χ3v) is 2.96. The predicted molar refractivity (Wildman–Crippen MR) is 71.0 cm³/mol. The van der Waals surface area contributed by atoms with Gasteiger partial charge in [0.2, 0.25) is 5.91 Å². The Morgan fingerprint density at radius 2 is 1.83 bits per heavy atom. The van der Waals surface area contributed by atoms with Gasteiger partial charge in [0, 0.05) is 5.69 Å². The Kier molecular flexibility index (Phi) is 6.07. The summed E-state index contributed by atoms with van der Waals surface area (Å²) >= 11 is 1.21. The van der Waals surface area contributed by atoms with Crippen LogP contribution in [0.15, 0.2) is 24.3 Å². The van der Waals surface area contributed by atoms with Gasteiger partial charge in [-0.2, -0.15) is 0 Å². The summed E-state index contributed by atoms with van der Waals surface area (Å²) in [7, 11) is 2.90. The number of carbonyl (C=O) groups is 2. The van der Waals surface area contributed by atoms with Crippen molar-refractivity contribution in [1.29, 1.82) is 0 Å². The van der Waals surface area contributed by atoms with Crippen LogP contribution in [0, 0.1) is 0 Å². The van der Waals surface area contributed by atoms with Crippen LogP contribution < -0.4 is 10.1 Å². The smallest absolute Gasteiger partial charge is 0.315 e. The second-order valence-electron chi connectivity index (χ2n) is 3.35. The zero-order valence-corrected chi connectivity index (χ0v) is 11.1. The first-order valence-electron chi connectivity index (χ1n) is 5.24. The van der Waals surface area contributed by atoms with Crippen molar-refractivity contribution in [3.8, 4) is 5.75 Å². The molecule has 0 bridgehead atoms. The summed E-state index contributed by atoms with van der Waals surface area (Å²) in [4.78, 5) is 22.4. The maximum Gasteiger partial charge on any atom is 0.315 e. The van der Waals surface area contributed by atoms with Gasteiger partial charge in [-0.3, -0.25) is 9.59 Å². The SMILES string of the molecule is COC(=O)CSCC(=O)Nc1ccc(OC)cc1. The van der Waals surface area contributed by atoms with Gasteiger partial charge in [0.15, 0.2) is 0 Å². The summed E-state index contributed by atoms with van der Waals surface area (Å²) < 4.78 is 9.48. The summed E-state index contributed by atoms with van der Waals surface area (Å²) in [6.07, 6.45) is 0. The third kappa shape index (κ3) is 5.09. The van der Waals surface area contributed by atoms with E-state index in [4.69, 9.17) is 4.74 Å². The lowest BCUT2D eigenvalue weighted by molar-refractivity contribution is -0.137. The quantitative estimate of drug-likeness (QED) is 0.794. The van der Waals surface area contributed by atoms with Crippen molar-refractivity contribution in [3.63, 3.8) is 0 Å². The number of hydrogen-bond acceptors (Lipinski definition) is 5. The number of thioether (sulfide) groups is 1. The maximum absolute atomic E-state index is 11.5. The van der Waals surface area contributed by atoms with E-state index in [9.17, 15) is 9.59 Å². The molecule has 0 heterocycles. The van der Waals surface area contributed by atoms with E-state index in [-0.39, 0.29) is 23.4 Å². The molecule has 0 saturated carbocycles. The number of benzene rings is 1. The number of hydrogen-bond donors (Lipinski definition) is 1. The molecule has 1 rings (SSSR count). The van der Waals surface area contributed by atoms with E-state index in [1.807, 2.05) is 0 Å². The molecule has 0 aliphatic heterocycles. The first-order valence-corrected chi connectivity index (χ1v) is 6.39. The van der Waals surface area contributed by atoms with E-state index >= 15 is 0 Å². The van der Waals surface area contributed by atoms with E-state index in [1.54, 1.807) is 31.4 Å². The van der Waals surface area contributed by atoms with Crippen molar-refractivity contribution in [2.45, 2.75) is 0 Å². The number of rotatable bonds is 6. The molecule has 0 atom stereocenters. The summed E-state index contributed by atoms with van der Waals surface area (Å²) in [5.41, 5.74) is 0.694. The van der Waals surface area contributed by atoms with Crippen LogP contribution in [0.3, 0.4) is 0 Å². The number of ether oxygens (including phenoxy) is 2. The van der Waals surface area contributed by atoms with E-state index < -0.39 is 0 Å². The number of esters is 1. The Hall–Kier alpha value is -1.69. The summed E-state index contributed by atoms with van der Waals surface area (Å²) in [5, 5.41) is 2.72. The number of anilines is 1. The third-order valence-electron chi connectivity index (χ3n) is 2.05. The average molecular weight is 269 g/mol. The second-order valence-corrected chi connectivity index (χ2v) is 4.33. The van der Waals surface area contributed by atoms with Crippen LogP contribution in [0.4, 0.5) is 5.69 Å². The Bertz CT molecular complexity index is 405. The lowest BCUT2D eigenvalue weighted by atomic mass is 10.3. The highest BCUT2D eigenvalue weighted by atomic mass is 32.2. The molecule has 0 saturated heterocycles. The maximum atomic E-state index is 11.5. The van der Waals surface area contributed by atoms with E-state index in [1.165, 1.54) is 18.9 Å². The van der Waals surface area contributed by atoms with Gasteiger partial charge in [-0.15, -0.1) is 11.8 Å². The van der Waals surface area contributed by atoms with Gasteiger partial charge in [0.1, 0.15) is 5.75 Å². The highest BCUT2D eigenvalue weighted by Gasteiger charge is 2.05. The lowest BCUT2D eigenvalue weighted by Gasteiger charge is -2.05. The zero-order valence-electron chi connectivity index (χ0n) is 10.3. The molecule has 1 N–H and O–H groups in total. The average Bonchev–Trinajstić information content (AvgIpc) is 2.39. The van der Waals surface area contributed by atoms with Gasteiger partial charge < -0.3 is 14.8 Å². The zero-order chi connectivity index (χ0) is 13.4. The summed E-state index contributed by atoms with van der Waals surface area (Å²) in [6, 6.07) is 7.03. The van der Waals surface area contributed by atoms with Crippen molar-refractivity contribution in [3.05, 3.63) is 24.3 Å². The largest absolute Gasteiger partial charge is 0.497 e.